The molecule has 0 saturated heterocycles. The van der Waals surface area contributed by atoms with Gasteiger partial charge in [-0.05, 0) is 30.5 Å². The topological polar surface area (TPSA) is 56.0 Å². The predicted molar refractivity (Wildman–Crippen MR) is 51.1 cm³/mol. The zero-order valence-corrected chi connectivity index (χ0v) is 7.79. The zero-order valence-electron chi connectivity index (χ0n) is 7.79. The minimum Gasteiger partial charge on any atom is -0.370 e. The van der Waals surface area contributed by atoms with Gasteiger partial charge < -0.3 is 5.73 Å². The Morgan fingerprint density at radius 3 is 3.00 bits per heavy atom. The van der Waals surface area contributed by atoms with E-state index in [-0.39, 0.29) is 5.91 Å². The second-order valence-electron chi connectivity index (χ2n) is 2.98. The summed E-state index contributed by atoms with van der Waals surface area (Å²) in [5, 5.41) is 0. The van der Waals surface area contributed by atoms with Crippen LogP contribution in [0.2, 0.25) is 0 Å². The molecule has 0 radical (unpaired) electrons. The van der Waals surface area contributed by atoms with Crippen molar-refractivity contribution in [3.05, 3.63) is 29.6 Å². The highest BCUT2D eigenvalue weighted by molar-refractivity contribution is 5.73. The second kappa shape index (κ2) is 4.60. The molecule has 0 aliphatic rings. The van der Waals surface area contributed by atoms with Crippen molar-refractivity contribution in [2.45, 2.75) is 26.2 Å². The van der Waals surface area contributed by atoms with Gasteiger partial charge in [-0.1, -0.05) is 6.92 Å². The van der Waals surface area contributed by atoms with Crippen molar-refractivity contribution in [2.24, 2.45) is 5.73 Å². The first-order valence-corrected chi connectivity index (χ1v) is 4.44. The fraction of sp³-hybridized carbons (Fsp3) is 0.400. The standard InChI is InChI=1S/C10H14N2O/c1-2-9-7-8(5-6-12-9)3-4-10(11)13/h5-7H,2-4H2,1H3,(H2,11,13). The molecule has 13 heavy (non-hydrogen) atoms. The highest BCUT2D eigenvalue weighted by Gasteiger charge is 1.98. The van der Waals surface area contributed by atoms with Crippen LogP contribution in [0.3, 0.4) is 0 Å². The molecule has 0 bridgehead atoms. The van der Waals surface area contributed by atoms with Crippen LogP contribution in [0.25, 0.3) is 0 Å². The van der Waals surface area contributed by atoms with Crippen LogP contribution in [0.15, 0.2) is 18.3 Å². The number of hydrogen-bond acceptors (Lipinski definition) is 2. The summed E-state index contributed by atoms with van der Waals surface area (Å²) < 4.78 is 0. The number of aryl methyl sites for hydroxylation is 2. The Bertz CT molecular complexity index is 297. The Morgan fingerprint density at radius 2 is 2.38 bits per heavy atom. The van der Waals surface area contributed by atoms with Crippen LogP contribution >= 0.6 is 0 Å². The minimum absolute atomic E-state index is 0.255. The summed E-state index contributed by atoms with van der Waals surface area (Å²) in [5.41, 5.74) is 7.24. The fourth-order valence-electron chi connectivity index (χ4n) is 1.14. The third-order valence-electron chi connectivity index (χ3n) is 1.90. The van der Waals surface area contributed by atoms with Crippen LogP contribution in [-0.4, -0.2) is 10.9 Å². The van der Waals surface area contributed by atoms with Crippen LogP contribution in [0.4, 0.5) is 0 Å². The highest BCUT2D eigenvalue weighted by Crippen LogP contribution is 2.04. The van der Waals surface area contributed by atoms with E-state index in [9.17, 15) is 4.79 Å². The average molecular weight is 178 g/mol. The third kappa shape index (κ3) is 3.23. The summed E-state index contributed by atoms with van der Waals surface area (Å²) in [6.07, 6.45) is 3.82. The van der Waals surface area contributed by atoms with Crippen molar-refractivity contribution in [2.75, 3.05) is 0 Å². The molecule has 1 aromatic rings. The molecule has 2 N–H and O–H groups in total. The third-order valence-corrected chi connectivity index (χ3v) is 1.90. The van der Waals surface area contributed by atoms with E-state index in [1.165, 1.54) is 0 Å². The van der Waals surface area contributed by atoms with Crippen LogP contribution in [0, 0.1) is 0 Å². The van der Waals surface area contributed by atoms with E-state index in [0.717, 1.165) is 17.7 Å². The summed E-state index contributed by atoms with van der Waals surface area (Å²) in [6.45, 7) is 2.06. The molecule has 3 nitrogen and oxygen atoms in total. The van der Waals surface area contributed by atoms with E-state index in [2.05, 4.69) is 11.9 Å². The molecule has 1 heterocycles. The number of nitrogens with zero attached hydrogens (tertiary/aromatic N) is 1. The van der Waals surface area contributed by atoms with E-state index in [1.54, 1.807) is 6.20 Å². The Kier molecular flexibility index (Phi) is 3.43. The van der Waals surface area contributed by atoms with E-state index < -0.39 is 0 Å². The molecule has 3 heteroatoms. The zero-order chi connectivity index (χ0) is 9.68. The second-order valence-corrected chi connectivity index (χ2v) is 2.98. The molecule has 0 saturated carbocycles. The van der Waals surface area contributed by atoms with Gasteiger partial charge in [0.2, 0.25) is 5.91 Å². The van der Waals surface area contributed by atoms with Gasteiger partial charge in [-0.15, -0.1) is 0 Å². The first kappa shape index (κ1) is 9.71. The quantitative estimate of drug-likeness (QED) is 0.749. The minimum atomic E-state index is -0.255. The van der Waals surface area contributed by atoms with Gasteiger partial charge in [-0.2, -0.15) is 0 Å². The van der Waals surface area contributed by atoms with Crippen molar-refractivity contribution in [1.29, 1.82) is 0 Å². The molecule has 70 valence electrons. The molecule has 0 atom stereocenters. The van der Waals surface area contributed by atoms with Gasteiger partial charge in [0, 0.05) is 18.3 Å². The molecule has 0 spiro atoms. The maximum absolute atomic E-state index is 10.5. The summed E-state index contributed by atoms with van der Waals surface area (Å²) >= 11 is 0. The smallest absolute Gasteiger partial charge is 0.217 e. The lowest BCUT2D eigenvalue weighted by atomic mass is 10.1. The number of aromatic nitrogens is 1. The Morgan fingerprint density at radius 1 is 1.62 bits per heavy atom. The lowest BCUT2D eigenvalue weighted by Gasteiger charge is -2.00. The Labute approximate surface area is 78.0 Å². The Hall–Kier alpha value is -1.38. The summed E-state index contributed by atoms with van der Waals surface area (Å²) in [4.78, 5) is 14.7. The van der Waals surface area contributed by atoms with Crippen molar-refractivity contribution in [1.82, 2.24) is 4.98 Å². The number of carbonyl (C=O) groups excluding carboxylic acids is 1. The number of rotatable bonds is 4. The van der Waals surface area contributed by atoms with Crippen LogP contribution in [-0.2, 0) is 17.6 Å². The molecular formula is C10H14N2O. The SMILES string of the molecule is CCc1cc(CCC(N)=O)ccn1. The van der Waals surface area contributed by atoms with E-state index in [0.29, 0.717) is 12.8 Å². The van der Waals surface area contributed by atoms with Gasteiger partial charge >= 0.3 is 0 Å². The maximum atomic E-state index is 10.5. The maximum Gasteiger partial charge on any atom is 0.217 e. The first-order chi connectivity index (χ1) is 6.22. The number of primary amides is 1. The molecule has 0 fully saturated rings. The van der Waals surface area contributed by atoms with Crippen molar-refractivity contribution < 1.29 is 4.79 Å². The largest absolute Gasteiger partial charge is 0.370 e. The highest BCUT2D eigenvalue weighted by atomic mass is 16.1. The van der Waals surface area contributed by atoms with E-state index >= 15 is 0 Å². The normalized spacial score (nSPS) is 9.92. The number of amides is 1. The Balaban J connectivity index is 2.61. The monoisotopic (exact) mass is 178 g/mol. The van der Waals surface area contributed by atoms with Crippen LogP contribution < -0.4 is 5.73 Å². The summed E-state index contributed by atoms with van der Waals surface area (Å²) in [6, 6.07) is 3.94. The van der Waals surface area contributed by atoms with Gasteiger partial charge in [0.1, 0.15) is 0 Å². The number of hydrogen-bond donors (Lipinski definition) is 1. The summed E-state index contributed by atoms with van der Waals surface area (Å²) in [5.74, 6) is -0.255. The molecule has 1 rings (SSSR count). The van der Waals surface area contributed by atoms with E-state index in [1.807, 2.05) is 12.1 Å². The van der Waals surface area contributed by atoms with Gasteiger partial charge in [0.25, 0.3) is 0 Å². The molecule has 0 unspecified atom stereocenters. The lowest BCUT2D eigenvalue weighted by Crippen LogP contribution is -2.11. The molecule has 0 aliphatic carbocycles. The number of pyridine rings is 1. The van der Waals surface area contributed by atoms with Crippen molar-refractivity contribution >= 4 is 5.91 Å². The van der Waals surface area contributed by atoms with Crippen molar-refractivity contribution in [3.8, 4) is 0 Å². The van der Waals surface area contributed by atoms with Gasteiger partial charge in [0.15, 0.2) is 0 Å². The fourth-order valence-corrected chi connectivity index (χ4v) is 1.14. The number of nitrogens with two attached hydrogens (primary N) is 1. The van der Waals surface area contributed by atoms with Crippen LogP contribution in [0.5, 0.6) is 0 Å². The molecular weight excluding hydrogens is 164 g/mol. The lowest BCUT2D eigenvalue weighted by molar-refractivity contribution is -0.117. The summed E-state index contributed by atoms with van der Waals surface area (Å²) in [7, 11) is 0. The van der Waals surface area contributed by atoms with Crippen LogP contribution in [0.1, 0.15) is 24.6 Å². The molecule has 1 aromatic heterocycles. The average Bonchev–Trinajstić information content (AvgIpc) is 2.15. The van der Waals surface area contributed by atoms with Crippen molar-refractivity contribution in [3.63, 3.8) is 0 Å². The van der Waals surface area contributed by atoms with Gasteiger partial charge in [-0.3, -0.25) is 9.78 Å². The number of carbonyl (C=O) groups is 1. The molecule has 1 amide bonds. The first-order valence-electron chi connectivity index (χ1n) is 4.44. The van der Waals surface area contributed by atoms with Gasteiger partial charge in [-0.25, -0.2) is 0 Å². The van der Waals surface area contributed by atoms with Gasteiger partial charge in [0.05, 0.1) is 0 Å². The molecule has 0 aliphatic heterocycles. The predicted octanol–water partition coefficient (Wildman–Crippen LogP) is 1.06. The molecule has 0 aromatic carbocycles. The van der Waals surface area contributed by atoms with E-state index in [4.69, 9.17) is 5.73 Å².